The Morgan fingerprint density at radius 2 is 1.73 bits per heavy atom. The fourth-order valence-electron chi connectivity index (χ4n) is 8.97. The number of likely N-dealkylation sites (tertiary alicyclic amines) is 1. The molecule has 2 aromatic heterocycles. The second-order valence-corrected chi connectivity index (χ2v) is 20.2. The zero-order chi connectivity index (χ0) is 48.6. The van der Waals surface area contributed by atoms with Crippen molar-refractivity contribution in [2.75, 3.05) is 67.7 Å². The third-order valence-corrected chi connectivity index (χ3v) is 13.6. The first-order valence-electron chi connectivity index (χ1n) is 24.1. The van der Waals surface area contributed by atoms with E-state index in [4.69, 9.17) is 19.2 Å². The highest BCUT2D eigenvalue weighted by Crippen LogP contribution is 2.42. The first kappa shape index (κ1) is 51.3. The first-order chi connectivity index (χ1) is 31.9. The number of benzene rings is 2. The van der Waals surface area contributed by atoms with E-state index in [9.17, 15) is 14.4 Å². The number of aromatic nitrogens is 2. The third-order valence-electron chi connectivity index (χ3n) is 13.6. The van der Waals surface area contributed by atoms with Crippen LogP contribution in [0.15, 0.2) is 60.8 Å². The van der Waals surface area contributed by atoms with Gasteiger partial charge in [0.2, 0.25) is 5.91 Å². The van der Waals surface area contributed by atoms with Crippen LogP contribution in [0.1, 0.15) is 91.2 Å². The number of hydrogen-bond acceptors (Lipinski definition) is 9. The molecular weight excluding hydrogens is 843 g/mol. The summed E-state index contributed by atoms with van der Waals surface area (Å²) in [6.07, 6.45) is 4.40. The Labute approximate surface area is 399 Å². The summed E-state index contributed by atoms with van der Waals surface area (Å²) in [7, 11) is 7.34. The predicted molar refractivity (Wildman–Crippen MR) is 266 cm³/mol. The molecule has 362 valence electrons. The van der Waals surface area contributed by atoms with Gasteiger partial charge < -0.3 is 29.0 Å². The third kappa shape index (κ3) is 12.3. The van der Waals surface area contributed by atoms with E-state index < -0.39 is 17.5 Å². The van der Waals surface area contributed by atoms with Gasteiger partial charge in [-0.05, 0) is 125 Å². The molecule has 3 unspecified atom stereocenters. The summed E-state index contributed by atoms with van der Waals surface area (Å²) in [5, 5.41) is 6.01. The molecule has 2 fully saturated rings. The van der Waals surface area contributed by atoms with Crippen LogP contribution in [0, 0.1) is 29.1 Å². The number of hydrazine groups is 1. The number of nitrogens with zero attached hydrogens (tertiary/aromatic N) is 5. The molecule has 67 heavy (non-hydrogen) atoms. The Morgan fingerprint density at radius 3 is 2.39 bits per heavy atom. The van der Waals surface area contributed by atoms with Gasteiger partial charge in [-0.2, -0.15) is 0 Å². The lowest BCUT2D eigenvalue weighted by Crippen LogP contribution is -2.57. The average Bonchev–Trinajstić information content (AvgIpc) is 3.59. The predicted octanol–water partition coefficient (Wildman–Crippen LogP) is 7.31. The SMILES string of the molecule is CCn1c(-c2cccnc2C(C)OC)c(CC(C)(C)COC)c2cc(-c3cccc(CC(NC(=O)C(COC4CN(C(=O)C#CC(C)(C)N(C)C)C4)C(C)C)C(=O)N4CCCCN4)c3)ccc21. The normalized spacial score (nSPS) is 16.1. The second kappa shape index (κ2) is 22.3. The number of amides is 3. The minimum absolute atomic E-state index is 0.0553. The smallest absolute Gasteiger partial charge is 0.298 e. The summed E-state index contributed by atoms with van der Waals surface area (Å²) in [5.74, 6) is 4.67. The zero-order valence-corrected chi connectivity index (χ0v) is 42.1. The van der Waals surface area contributed by atoms with Crippen LogP contribution in [-0.2, 0) is 48.0 Å². The molecule has 0 spiro atoms. The molecule has 13 nitrogen and oxygen atoms in total. The summed E-state index contributed by atoms with van der Waals surface area (Å²) in [6, 6.07) is 18.3. The van der Waals surface area contributed by atoms with Gasteiger partial charge in [-0.3, -0.25) is 29.3 Å². The van der Waals surface area contributed by atoms with Crippen molar-refractivity contribution in [3.63, 3.8) is 0 Å². The quantitative estimate of drug-likeness (QED) is 0.0931. The van der Waals surface area contributed by atoms with Crippen LogP contribution in [-0.4, -0.2) is 127 Å². The van der Waals surface area contributed by atoms with Crippen molar-refractivity contribution in [2.24, 2.45) is 17.3 Å². The summed E-state index contributed by atoms with van der Waals surface area (Å²) in [6.45, 7) is 20.3. The van der Waals surface area contributed by atoms with Gasteiger partial charge in [0.25, 0.3) is 11.8 Å². The number of carbonyl (C=O) groups is 3. The number of pyridine rings is 1. The van der Waals surface area contributed by atoms with Crippen LogP contribution in [0.3, 0.4) is 0 Å². The number of hydrogen-bond donors (Lipinski definition) is 2. The monoisotopic (exact) mass is 918 g/mol. The molecular formula is C54H75N7O6. The fourth-order valence-corrected chi connectivity index (χ4v) is 8.97. The lowest BCUT2D eigenvalue weighted by atomic mass is 9.84. The molecule has 2 N–H and O–H groups in total. The largest absolute Gasteiger partial charge is 0.384 e. The van der Waals surface area contributed by atoms with Gasteiger partial charge in [-0.25, -0.2) is 5.43 Å². The lowest BCUT2D eigenvalue weighted by molar-refractivity contribution is -0.146. The van der Waals surface area contributed by atoms with E-state index in [0.717, 1.165) is 65.0 Å². The van der Waals surface area contributed by atoms with Crippen LogP contribution in [0.2, 0.25) is 0 Å². The molecule has 2 aromatic carbocycles. The van der Waals surface area contributed by atoms with Crippen LogP contribution < -0.4 is 10.7 Å². The molecule has 3 atom stereocenters. The number of carbonyl (C=O) groups excluding carboxylic acids is 3. The van der Waals surface area contributed by atoms with Crippen LogP contribution >= 0.6 is 0 Å². The highest BCUT2D eigenvalue weighted by Gasteiger charge is 2.35. The maximum absolute atomic E-state index is 14.3. The van der Waals surface area contributed by atoms with E-state index in [1.54, 1.807) is 24.1 Å². The van der Waals surface area contributed by atoms with Crippen molar-refractivity contribution in [1.82, 2.24) is 35.1 Å². The average molecular weight is 918 g/mol. The molecule has 3 amide bonds. The standard InChI is InChI=1S/C54H75N7O6/c1-13-60-47-22-21-40(30-43(47)44(31-53(5,6)35-65-11)50(60)42-20-17-25-55-49(42)37(4)66-12)39-19-16-18-38(28-39)29-46(52(64)61-27-15-14-26-56-61)57-51(63)45(36(2)3)34-67-41-32-59(33-41)48(62)23-24-54(7,8)58(9)10/h16-22,25,28,30,36-37,41,45-46,56H,13-15,26-27,29,31-35H2,1-12H3,(H,57,63). The van der Waals surface area contributed by atoms with Crippen molar-refractivity contribution in [2.45, 2.75) is 111 Å². The summed E-state index contributed by atoms with van der Waals surface area (Å²) >= 11 is 0. The molecule has 0 aliphatic carbocycles. The molecule has 2 aliphatic heterocycles. The highest BCUT2D eigenvalue weighted by molar-refractivity contribution is 5.96. The van der Waals surface area contributed by atoms with Crippen LogP contribution in [0.4, 0.5) is 0 Å². The molecule has 4 aromatic rings. The maximum Gasteiger partial charge on any atom is 0.298 e. The van der Waals surface area contributed by atoms with Crippen molar-refractivity contribution < 1.29 is 28.6 Å². The van der Waals surface area contributed by atoms with E-state index in [0.29, 0.717) is 39.2 Å². The lowest BCUT2D eigenvalue weighted by Gasteiger charge is -2.38. The Morgan fingerprint density at radius 1 is 0.985 bits per heavy atom. The van der Waals surface area contributed by atoms with E-state index in [-0.39, 0.29) is 47.9 Å². The molecule has 6 rings (SSSR count). The van der Waals surface area contributed by atoms with Crippen molar-refractivity contribution in [3.05, 3.63) is 77.6 Å². The molecule has 0 radical (unpaired) electrons. The number of ether oxygens (including phenoxy) is 3. The van der Waals surface area contributed by atoms with E-state index in [1.165, 1.54) is 10.9 Å². The molecule has 0 saturated carbocycles. The summed E-state index contributed by atoms with van der Waals surface area (Å²) in [4.78, 5) is 49.8. The van der Waals surface area contributed by atoms with E-state index >= 15 is 0 Å². The van der Waals surface area contributed by atoms with Crippen molar-refractivity contribution in [3.8, 4) is 34.2 Å². The topological polar surface area (TPSA) is 130 Å². The van der Waals surface area contributed by atoms with Crippen LogP contribution in [0.5, 0.6) is 0 Å². The van der Waals surface area contributed by atoms with Gasteiger partial charge in [0.1, 0.15) is 6.04 Å². The van der Waals surface area contributed by atoms with Gasteiger partial charge >= 0.3 is 0 Å². The first-order valence-corrected chi connectivity index (χ1v) is 24.1. The number of rotatable bonds is 19. The van der Waals surface area contributed by atoms with Gasteiger partial charge in [-0.1, -0.05) is 63.9 Å². The van der Waals surface area contributed by atoms with Crippen LogP contribution in [0.25, 0.3) is 33.3 Å². The fraction of sp³-hybridized carbons (Fsp3) is 0.556. The number of methoxy groups -OCH3 is 2. The Bertz CT molecular complexity index is 2420. The molecule has 13 heteroatoms. The zero-order valence-electron chi connectivity index (χ0n) is 42.1. The van der Waals surface area contributed by atoms with Crippen molar-refractivity contribution in [1.29, 1.82) is 0 Å². The number of nitrogens with one attached hydrogen (secondary N) is 2. The van der Waals surface area contributed by atoms with Crippen molar-refractivity contribution >= 4 is 28.6 Å². The minimum atomic E-state index is -0.808. The Hall–Kier alpha value is -5.10. The minimum Gasteiger partial charge on any atom is -0.384 e. The van der Waals surface area contributed by atoms with E-state index in [2.05, 4.69) is 84.3 Å². The van der Waals surface area contributed by atoms with Gasteiger partial charge in [-0.15, -0.1) is 0 Å². The molecule has 4 heterocycles. The Kier molecular flexibility index (Phi) is 17.1. The summed E-state index contributed by atoms with van der Waals surface area (Å²) in [5.41, 5.74) is 11.2. The van der Waals surface area contributed by atoms with Gasteiger partial charge in [0.05, 0.1) is 48.3 Å². The summed E-state index contributed by atoms with van der Waals surface area (Å²) < 4.78 is 20.2. The Balaban J connectivity index is 1.26. The van der Waals surface area contributed by atoms with E-state index in [1.807, 2.05) is 78.0 Å². The number of fused-ring (bicyclic) bond motifs is 1. The molecule has 2 aliphatic rings. The maximum atomic E-state index is 14.3. The molecule has 2 saturated heterocycles. The highest BCUT2D eigenvalue weighted by atomic mass is 16.5. The van der Waals surface area contributed by atoms with Gasteiger partial charge in [0, 0.05) is 76.0 Å². The second-order valence-electron chi connectivity index (χ2n) is 20.2. The number of aryl methyl sites for hydroxylation is 1. The van der Waals surface area contributed by atoms with Gasteiger partial charge in [0.15, 0.2) is 0 Å². The molecule has 0 bridgehead atoms.